The van der Waals surface area contributed by atoms with E-state index in [1.54, 1.807) is 11.3 Å². The van der Waals surface area contributed by atoms with Crippen LogP contribution < -0.4 is 10.2 Å². The fourth-order valence-corrected chi connectivity index (χ4v) is 5.32. The van der Waals surface area contributed by atoms with Crippen LogP contribution in [-0.2, 0) is 0 Å². The first-order valence-electron chi connectivity index (χ1n) is 12.9. The summed E-state index contributed by atoms with van der Waals surface area (Å²) < 4.78 is 2.31. The second-order valence-corrected chi connectivity index (χ2v) is 10.1. The molecule has 182 valence electrons. The van der Waals surface area contributed by atoms with Gasteiger partial charge in [0.2, 0.25) is 0 Å². The Labute approximate surface area is 215 Å². The zero-order valence-corrected chi connectivity index (χ0v) is 21.9. The molecule has 5 rings (SSSR count). The van der Waals surface area contributed by atoms with Crippen molar-refractivity contribution >= 4 is 39.1 Å². The van der Waals surface area contributed by atoms with Crippen LogP contribution in [0.2, 0.25) is 0 Å². The molecule has 4 aromatic carbocycles. The maximum absolute atomic E-state index is 3.64. The summed E-state index contributed by atoms with van der Waals surface area (Å²) in [5.41, 5.74) is 10.6. The molecule has 36 heavy (non-hydrogen) atoms. The molecular weight excluding hydrogens is 438 g/mol. The number of nitrogens with one attached hydrogen (secondary N) is 1. The van der Waals surface area contributed by atoms with E-state index in [0.717, 1.165) is 37.1 Å². The van der Waals surface area contributed by atoms with E-state index in [0.29, 0.717) is 0 Å². The fraction of sp³-hybridized carbons (Fsp3) is 0.242. The van der Waals surface area contributed by atoms with E-state index < -0.39 is 0 Å². The fourth-order valence-electron chi connectivity index (χ4n) is 5.32. The number of benzene rings is 4. The first-order valence-corrected chi connectivity index (χ1v) is 12.9. The van der Waals surface area contributed by atoms with E-state index in [4.69, 9.17) is 0 Å². The molecule has 0 unspecified atom stereocenters. The molecule has 4 aromatic rings. The van der Waals surface area contributed by atoms with Gasteiger partial charge in [-0.25, -0.2) is 4.58 Å². The van der Waals surface area contributed by atoms with Crippen molar-refractivity contribution < 1.29 is 4.58 Å². The van der Waals surface area contributed by atoms with Crippen LogP contribution in [0.1, 0.15) is 36.8 Å². The Kier molecular flexibility index (Phi) is 6.90. The van der Waals surface area contributed by atoms with Crippen molar-refractivity contribution in [2.45, 2.75) is 25.7 Å². The van der Waals surface area contributed by atoms with Crippen molar-refractivity contribution in [2.75, 3.05) is 38.4 Å². The summed E-state index contributed by atoms with van der Waals surface area (Å²) >= 11 is 0. The van der Waals surface area contributed by atoms with Crippen molar-refractivity contribution in [2.24, 2.45) is 0 Å². The van der Waals surface area contributed by atoms with Gasteiger partial charge in [0.15, 0.2) is 5.71 Å². The second kappa shape index (κ2) is 10.4. The largest absolute Gasteiger partial charge is 0.378 e. The van der Waals surface area contributed by atoms with Crippen molar-refractivity contribution in [3.63, 3.8) is 0 Å². The molecule has 0 atom stereocenters. The summed E-state index contributed by atoms with van der Waals surface area (Å²) in [4.78, 5) is 2.16. The average molecular weight is 475 g/mol. The van der Waals surface area contributed by atoms with Gasteiger partial charge in [0, 0.05) is 49.4 Å². The molecule has 0 aliphatic heterocycles. The smallest absolute Gasteiger partial charge is 0.152 e. The monoisotopic (exact) mass is 474 g/mol. The number of rotatable bonds is 5. The number of hydrogen-bond donors (Lipinski definition) is 1. The van der Waals surface area contributed by atoms with Crippen LogP contribution in [0, 0.1) is 0 Å². The summed E-state index contributed by atoms with van der Waals surface area (Å²) in [6, 6.07) is 32.9. The molecule has 0 saturated heterocycles. The zero-order chi connectivity index (χ0) is 25.1. The summed E-state index contributed by atoms with van der Waals surface area (Å²) in [7, 11) is 8.55. The highest BCUT2D eigenvalue weighted by atomic mass is 15.1. The van der Waals surface area contributed by atoms with Crippen LogP contribution in [0.25, 0.3) is 16.3 Å². The van der Waals surface area contributed by atoms with Crippen LogP contribution in [0.3, 0.4) is 0 Å². The van der Waals surface area contributed by atoms with E-state index in [-0.39, 0.29) is 0 Å². The van der Waals surface area contributed by atoms with E-state index in [1.807, 2.05) is 0 Å². The second-order valence-electron chi connectivity index (χ2n) is 10.1. The summed E-state index contributed by atoms with van der Waals surface area (Å²) in [5, 5.41) is 6.18. The molecule has 1 fully saturated rings. The van der Waals surface area contributed by atoms with Gasteiger partial charge in [-0.2, -0.15) is 0 Å². The SMILES string of the molecule is CN(C)c1ccc(C(=C2CCC(=[N+](C)C)CC2)c2ccc(Nc3ccccc3)c3ccccc23)cc1. The molecule has 0 heterocycles. The highest BCUT2D eigenvalue weighted by Crippen LogP contribution is 2.40. The van der Waals surface area contributed by atoms with Gasteiger partial charge in [-0.3, -0.25) is 0 Å². The Morgan fingerprint density at radius 1 is 0.694 bits per heavy atom. The third-order valence-corrected chi connectivity index (χ3v) is 7.34. The average Bonchev–Trinajstić information content (AvgIpc) is 2.91. The number of hydrogen-bond acceptors (Lipinski definition) is 2. The molecule has 3 nitrogen and oxygen atoms in total. The maximum atomic E-state index is 3.64. The van der Waals surface area contributed by atoms with Gasteiger partial charge in [0.05, 0.1) is 0 Å². The Hall–Kier alpha value is -3.85. The van der Waals surface area contributed by atoms with Crippen molar-refractivity contribution in [3.8, 4) is 0 Å². The molecule has 0 aromatic heterocycles. The highest BCUT2D eigenvalue weighted by molar-refractivity contribution is 6.05. The van der Waals surface area contributed by atoms with Gasteiger partial charge in [-0.05, 0) is 65.3 Å². The van der Waals surface area contributed by atoms with Crippen molar-refractivity contribution in [1.29, 1.82) is 0 Å². The molecule has 0 amide bonds. The van der Waals surface area contributed by atoms with E-state index in [9.17, 15) is 0 Å². The number of nitrogens with zero attached hydrogens (tertiary/aromatic N) is 2. The predicted molar refractivity (Wildman–Crippen MR) is 156 cm³/mol. The number of allylic oxidation sites excluding steroid dienone is 1. The molecule has 1 aliphatic rings. The molecule has 1 aliphatic carbocycles. The lowest BCUT2D eigenvalue weighted by Gasteiger charge is -2.23. The Morgan fingerprint density at radius 2 is 1.33 bits per heavy atom. The topological polar surface area (TPSA) is 18.3 Å². The minimum absolute atomic E-state index is 1.10. The van der Waals surface area contributed by atoms with Crippen molar-refractivity contribution in [3.05, 3.63) is 108 Å². The number of anilines is 3. The Balaban J connectivity index is 1.65. The van der Waals surface area contributed by atoms with Crippen molar-refractivity contribution in [1.82, 2.24) is 0 Å². The zero-order valence-electron chi connectivity index (χ0n) is 21.9. The molecule has 0 radical (unpaired) electrons. The number of para-hydroxylation sites is 1. The lowest BCUT2D eigenvalue weighted by molar-refractivity contribution is -0.467. The standard InChI is InChI=1S/C33H36N3/c1-35(2)27-18-14-24(15-19-27)33(25-16-20-28(21-17-25)36(3)4)31-22-23-32(30-13-9-8-12-29(30)31)34-26-10-6-5-7-11-26/h5-15,18-19,22-23,34H,16-17,20-21H2,1-4H3/q+1. The van der Waals surface area contributed by atoms with Crippen LogP contribution >= 0.6 is 0 Å². The summed E-state index contributed by atoms with van der Waals surface area (Å²) in [6.45, 7) is 0. The Bertz CT molecular complexity index is 1410. The van der Waals surface area contributed by atoms with E-state index >= 15 is 0 Å². The van der Waals surface area contributed by atoms with Crippen LogP contribution in [0.15, 0.2) is 96.6 Å². The Morgan fingerprint density at radius 3 is 1.97 bits per heavy atom. The molecule has 1 saturated carbocycles. The summed E-state index contributed by atoms with van der Waals surface area (Å²) in [5.74, 6) is 0. The minimum atomic E-state index is 1.10. The van der Waals surface area contributed by atoms with Gasteiger partial charge in [0.25, 0.3) is 0 Å². The molecule has 0 spiro atoms. The van der Waals surface area contributed by atoms with E-state index in [2.05, 4.69) is 134 Å². The van der Waals surface area contributed by atoms with Crippen LogP contribution in [0.5, 0.6) is 0 Å². The highest BCUT2D eigenvalue weighted by Gasteiger charge is 2.22. The van der Waals surface area contributed by atoms with Gasteiger partial charge >= 0.3 is 0 Å². The summed E-state index contributed by atoms with van der Waals surface area (Å²) in [6.07, 6.45) is 4.48. The minimum Gasteiger partial charge on any atom is -0.378 e. The lowest BCUT2D eigenvalue weighted by atomic mass is 9.82. The van der Waals surface area contributed by atoms with Gasteiger partial charge in [0.1, 0.15) is 14.1 Å². The molecule has 0 bridgehead atoms. The third kappa shape index (κ3) is 4.92. The van der Waals surface area contributed by atoms with Gasteiger partial charge in [-0.1, -0.05) is 66.2 Å². The van der Waals surface area contributed by atoms with Gasteiger partial charge < -0.3 is 10.2 Å². The molecule has 3 heteroatoms. The first-order chi connectivity index (χ1) is 17.5. The van der Waals surface area contributed by atoms with Crippen LogP contribution in [-0.4, -0.2) is 38.5 Å². The maximum Gasteiger partial charge on any atom is 0.152 e. The van der Waals surface area contributed by atoms with Gasteiger partial charge in [-0.15, -0.1) is 0 Å². The molecular formula is C33H36N3+. The van der Waals surface area contributed by atoms with Crippen LogP contribution in [0.4, 0.5) is 17.1 Å². The first kappa shape index (κ1) is 23.9. The predicted octanol–water partition coefficient (Wildman–Crippen LogP) is 7.74. The number of fused-ring (bicyclic) bond motifs is 1. The quantitative estimate of drug-likeness (QED) is 0.298. The normalized spacial score (nSPS) is 13.6. The lowest BCUT2D eigenvalue weighted by Crippen LogP contribution is -2.18. The third-order valence-electron chi connectivity index (χ3n) is 7.34. The van der Waals surface area contributed by atoms with E-state index in [1.165, 1.54) is 33.2 Å². The molecule has 1 N–H and O–H groups in total.